The van der Waals surface area contributed by atoms with E-state index < -0.39 is 0 Å². The normalized spacial score (nSPS) is 11.3. The van der Waals surface area contributed by atoms with Gasteiger partial charge in [0.2, 0.25) is 0 Å². The number of aromatic nitrogens is 3. The molecule has 0 bridgehead atoms. The molecule has 0 unspecified atom stereocenters. The van der Waals surface area contributed by atoms with Crippen molar-refractivity contribution in [2.75, 3.05) is 17.9 Å². The lowest BCUT2D eigenvalue weighted by molar-refractivity contribution is 0.660. The van der Waals surface area contributed by atoms with Gasteiger partial charge in [-0.3, -0.25) is 0 Å². The lowest BCUT2D eigenvalue weighted by Gasteiger charge is -2.06. The lowest BCUT2D eigenvalue weighted by atomic mass is 10.4. The van der Waals surface area contributed by atoms with E-state index in [0.29, 0.717) is 5.88 Å². The summed E-state index contributed by atoms with van der Waals surface area (Å²) < 4.78 is 3.15. The monoisotopic (exact) mass is 347 g/mol. The van der Waals surface area contributed by atoms with Crippen molar-refractivity contribution >= 4 is 50.5 Å². The molecular formula is C12H15BrClN3S. The van der Waals surface area contributed by atoms with Crippen LogP contribution >= 0.6 is 39.3 Å². The Labute approximate surface area is 124 Å². The predicted octanol–water partition coefficient (Wildman–Crippen LogP) is 3.73. The van der Waals surface area contributed by atoms with E-state index in [-0.39, 0.29) is 0 Å². The number of nitrogens with zero attached hydrogens (tertiary/aromatic N) is 3. The molecule has 0 aliphatic heterocycles. The van der Waals surface area contributed by atoms with Gasteiger partial charge in [-0.15, -0.1) is 11.6 Å². The van der Waals surface area contributed by atoms with Gasteiger partial charge in [0, 0.05) is 29.5 Å². The van der Waals surface area contributed by atoms with Crippen molar-refractivity contribution in [1.82, 2.24) is 14.5 Å². The molecule has 0 N–H and O–H groups in total. The molecule has 0 aliphatic rings. The number of fused-ring (bicyclic) bond motifs is 1. The van der Waals surface area contributed by atoms with Crippen LogP contribution in [0.2, 0.25) is 0 Å². The first-order chi connectivity index (χ1) is 8.76. The van der Waals surface area contributed by atoms with Gasteiger partial charge in [0.05, 0.1) is 0 Å². The van der Waals surface area contributed by atoms with Crippen molar-refractivity contribution in [3.05, 3.63) is 22.6 Å². The summed E-state index contributed by atoms with van der Waals surface area (Å²) in [6.45, 7) is 0.957. The Morgan fingerprint density at radius 2 is 2.33 bits per heavy atom. The fourth-order valence-corrected chi connectivity index (χ4v) is 2.82. The second kappa shape index (κ2) is 6.78. The minimum absolute atomic E-state index is 0.590. The van der Waals surface area contributed by atoms with E-state index in [1.54, 1.807) is 0 Å². The molecule has 0 spiro atoms. The van der Waals surface area contributed by atoms with E-state index in [1.165, 1.54) is 0 Å². The standard InChI is InChI=1S/C12H15BrClN3S/c1-18-6-2-5-17-11(3-4-14)16-10-7-9(13)8-15-12(10)17/h7-8H,2-6H2,1H3. The molecule has 0 saturated carbocycles. The van der Waals surface area contributed by atoms with Gasteiger partial charge >= 0.3 is 0 Å². The third-order valence-electron chi connectivity index (χ3n) is 2.68. The molecule has 98 valence electrons. The summed E-state index contributed by atoms with van der Waals surface area (Å²) in [6, 6.07) is 2.01. The largest absolute Gasteiger partial charge is 0.313 e. The molecule has 0 fully saturated rings. The summed E-state index contributed by atoms with van der Waals surface area (Å²) in [7, 11) is 0. The molecule has 3 nitrogen and oxygen atoms in total. The van der Waals surface area contributed by atoms with Crippen LogP contribution in [0.4, 0.5) is 0 Å². The number of hydrogen-bond acceptors (Lipinski definition) is 3. The van der Waals surface area contributed by atoms with E-state index in [1.807, 2.05) is 24.0 Å². The van der Waals surface area contributed by atoms with Crippen LogP contribution in [0, 0.1) is 0 Å². The predicted molar refractivity (Wildman–Crippen MR) is 82.7 cm³/mol. The van der Waals surface area contributed by atoms with Crippen molar-refractivity contribution in [3.8, 4) is 0 Å². The molecule has 2 aromatic rings. The molecule has 2 aromatic heterocycles. The Balaban J connectivity index is 2.35. The van der Waals surface area contributed by atoms with Crippen LogP contribution in [0.3, 0.4) is 0 Å². The third kappa shape index (κ3) is 3.19. The molecule has 0 amide bonds. The zero-order chi connectivity index (χ0) is 13.0. The first kappa shape index (κ1) is 14.2. The van der Waals surface area contributed by atoms with Gasteiger partial charge in [-0.2, -0.15) is 11.8 Å². The Kier molecular flexibility index (Phi) is 5.33. The van der Waals surface area contributed by atoms with Crippen LogP contribution in [0.1, 0.15) is 12.2 Å². The molecule has 0 aromatic carbocycles. The van der Waals surface area contributed by atoms with Gasteiger partial charge in [-0.25, -0.2) is 9.97 Å². The van der Waals surface area contributed by atoms with E-state index in [2.05, 4.69) is 36.7 Å². The maximum atomic E-state index is 5.84. The number of pyridine rings is 1. The number of alkyl halides is 1. The van der Waals surface area contributed by atoms with E-state index in [0.717, 1.165) is 46.6 Å². The van der Waals surface area contributed by atoms with Gasteiger partial charge in [0.25, 0.3) is 0 Å². The summed E-state index contributed by atoms with van der Waals surface area (Å²) in [6.07, 6.45) is 5.86. The topological polar surface area (TPSA) is 30.7 Å². The van der Waals surface area contributed by atoms with Crippen molar-refractivity contribution in [3.63, 3.8) is 0 Å². The highest BCUT2D eigenvalue weighted by Crippen LogP contribution is 2.19. The quantitative estimate of drug-likeness (QED) is 0.589. The second-order valence-electron chi connectivity index (χ2n) is 3.96. The Bertz CT molecular complexity index is 529. The third-order valence-corrected chi connectivity index (χ3v) is 4.00. The first-order valence-electron chi connectivity index (χ1n) is 5.82. The molecule has 0 atom stereocenters. The summed E-state index contributed by atoms with van der Waals surface area (Å²) in [5, 5.41) is 0. The lowest BCUT2D eigenvalue weighted by Crippen LogP contribution is -2.06. The number of halogens is 2. The smallest absolute Gasteiger partial charge is 0.160 e. The number of aryl methyl sites for hydroxylation is 2. The van der Waals surface area contributed by atoms with Crippen molar-refractivity contribution < 1.29 is 0 Å². The van der Waals surface area contributed by atoms with E-state index >= 15 is 0 Å². The van der Waals surface area contributed by atoms with Crippen molar-refractivity contribution in [2.45, 2.75) is 19.4 Å². The Morgan fingerprint density at radius 3 is 3.06 bits per heavy atom. The summed E-state index contributed by atoms with van der Waals surface area (Å²) >= 11 is 11.1. The fraction of sp³-hybridized carbons (Fsp3) is 0.500. The van der Waals surface area contributed by atoms with Gasteiger partial charge < -0.3 is 4.57 Å². The van der Waals surface area contributed by atoms with Crippen molar-refractivity contribution in [2.24, 2.45) is 0 Å². The molecule has 18 heavy (non-hydrogen) atoms. The zero-order valence-corrected chi connectivity index (χ0v) is 13.4. The first-order valence-corrected chi connectivity index (χ1v) is 8.54. The molecule has 0 radical (unpaired) electrons. The Hall–Kier alpha value is -0.260. The highest BCUT2D eigenvalue weighted by Gasteiger charge is 2.11. The Morgan fingerprint density at radius 1 is 1.50 bits per heavy atom. The molecular weight excluding hydrogens is 334 g/mol. The summed E-state index contributed by atoms with van der Waals surface area (Å²) in [5.41, 5.74) is 1.90. The number of rotatable bonds is 6. The van der Waals surface area contributed by atoms with E-state index in [9.17, 15) is 0 Å². The minimum atomic E-state index is 0.590. The molecule has 0 saturated heterocycles. The van der Waals surface area contributed by atoms with Gasteiger partial charge in [0.15, 0.2) is 5.65 Å². The molecule has 2 rings (SSSR count). The van der Waals surface area contributed by atoms with Crippen LogP contribution in [0.25, 0.3) is 11.2 Å². The van der Waals surface area contributed by atoms with Crippen LogP contribution in [0.15, 0.2) is 16.7 Å². The maximum Gasteiger partial charge on any atom is 0.160 e. The van der Waals surface area contributed by atoms with Crippen molar-refractivity contribution in [1.29, 1.82) is 0 Å². The number of hydrogen-bond donors (Lipinski definition) is 0. The van der Waals surface area contributed by atoms with Crippen LogP contribution in [0.5, 0.6) is 0 Å². The highest BCUT2D eigenvalue weighted by molar-refractivity contribution is 9.10. The van der Waals surface area contributed by atoms with Gasteiger partial charge in [-0.05, 0) is 40.4 Å². The molecule has 6 heteroatoms. The average molecular weight is 349 g/mol. The number of thioether (sulfide) groups is 1. The summed E-state index contributed by atoms with van der Waals surface area (Å²) in [5.74, 6) is 2.77. The van der Waals surface area contributed by atoms with Crippen LogP contribution < -0.4 is 0 Å². The SMILES string of the molecule is CSCCCn1c(CCCl)nc2cc(Br)cnc21. The zero-order valence-electron chi connectivity index (χ0n) is 10.2. The maximum absolute atomic E-state index is 5.84. The minimum Gasteiger partial charge on any atom is -0.313 e. The molecule has 0 aliphatic carbocycles. The summed E-state index contributed by atoms with van der Waals surface area (Å²) in [4.78, 5) is 9.09. The second-order valence-corrected chi connectivity index (χ2v) is 6.24. The number of imidazole rings is 1. The highest BCUT2D eigenvalue weighted by atomic mass is 79.9. The van der Waals surface area contributed by atoms with Gasteiger partial charge in [0.1, 0.15) is 11.3 Å². The van der Waals surface area contributed by atoms with Gasteiger partial charge in [-0.1, -0.05) is 0 Å². The van der Waals surface area contributed by atoms with E-state index in [4.69, 9.17) is 11.6 Å². The van der Waals surface area contributed by atoms with Crippen LogP contribution in [-0.4, -0.2) is 32.4 Å². The van der Waals surface area contributed by atoms with Crippen LogP contribution in [-0.2, 0) is 13.0 Å². The molecule has 2 heterocycles. The fourth-order valence-electron chi connectivity index (χ4n) is 1.91. The average Bonchev–Trinajstić information content (AvgIpc) is 2.67.